The summed E-state index contributed by atoms with van der Waals surface area (Å²) >= 11 is 0. The van der Waals surface area contributed by atoms with E-state index < -0.39 is 11.9 Å². The van der Waals surface area contributed by atoms with Crippen molar-refractivity contribution >= 4 is 11.8 Å². The minimum Gasteiger partial charge on any atom is -0.481 e. The van der Waals surface area contributed by atoms with Gasteiger partial charge >= 0.3 is 5.97 Å². The highest BCUT2D eigenvalue weighted by atomic mass is 16.4. The smallest absolute Gasteiger partial charge is 0.306 e. The predicted octanol–water partition coefficient (Wildman–Crippen LogP) is 1.85. The van der Waals surface area contributed by atoms with Crippen molar-refractivity contribution in [1.29, 1.82) is 5.26 Å². The number of carboxylic acid groups (broad SMARTS) is 1. The van der Waals surface area contributed by atoms with Crippen molar-refractivity contribution in [1.82, 2.24) is 0 Å². The Morgan fingerprint density at radius 1 is 1.38 bits per heavy atom. The topological polar surface area (TPSA) is 78.2 Å². The fourth-order valence-electron chi connectivity index (χ4n) is 1.21. The summed E-state index contributed by atoms with van der Waals surface area (Å²) in [6.07, 6.45) is -0.0266. The van der Waals surface area contributed by atoms with Crippen LogP contribution in [0, 0.1) is 17.2 Å². The molecule has 0 amide bonds. The normalized spacial score (nSPS) is 11.5. The van der Waals surface area contributed by atoms with Crippen LogP contribution < -0.4 is 0 Å². The molecule has 0 aliphatic heterocycles. The molecular weight excluding hydrogens is 206 g/mol. The van der Waals surface area contributed by atoms with Gasteiger partial charge < -0.3 is 5.11 Å². The number of benzene rings is 1. The van der Waals surface area contributed by atoms with Gasteiger partial charge in [0.2, 0.25) is 0 Å². The summed E-state index contributed by atoms with van der Waals surface area (Å²) in [4.78, 5) is 22.2. The fourth-order valence-corrected chi connectivity index (χ4v) is 1.21. The molecular formula is C12H11NO3. The Balaban J connectivity index is 2.74. The van der Waals surface area contributed by atoms with E-state index in [2.05, 4.69) is 0 Å². The van der Waals surface area contributed by atoms with Crippen molar-refractivity contribution in [3.8, 4) is 6.07 Å². The molecule has 1 rings (SSSR count). The van der Waals surface area contributed by atoms with Crippen molar-refractivity contribution in [3.05, 3.63) is 35.4 Å². The average molecular weight is 217 g/mol. The van der Waals surface area contributed by atoms with Crippen molar-refractivity contribution in [2.45, 2.75) is 13.3 Å². The third-order valence-electron chi connectivity index (χ3n) is 2.25. The number of Topliss-reactive ketones (excluding diaryl/α,β-unsaturated/α-hetero) is 1. The van der Waals surface area contributed by atoms with Crippen LogP contribution >= 0.6 is 0 Å². The first-order valence-electron chi connectivity index (χ1n) is 4.80. The Morgan fingerprint density at radius 2 is 1.94 bits per heavy atom. The van der Waals surface area contributed by atoms with Crippen LogP contribution in [0.2, 0.25) is 0 Å². The first-order chi connectivity index (χ1) is 7.54. The van der Waals surface area contributed by atoms with Gasteiger partial charge in [-0.05, 0) is 12.1 Å². The van der Waals surface area contributed by atoms with E-state index in [0.29, 0.717) is 11.1 Å². The molecule has 1 aromatic carbocycles. The maximum Gasteiger partial charge on any atom is 0.306 e. The number of carbonyl (C=O) groups excluding carboxylic acids is 1. The van der Waals surface area contributed by atoms with Crippen molar-refractivity contribution < 1.29 is 14.7 Å². The van der Waals surface area contributed by atoms with E-state index in [4.69, 9.17) is 10.4 Å². The number of rotatable bonds is 4. The van der Waals surface area contributed by atoms with Crippen LogP contribution in [0.25, 0.3) is 0 Å². The van der Waals surface area contributed by atoms with Crippen LogP contribution in [-0.2, 0) is 4.79 Å². The van der Waals surface area contributed by atoms with Gasteiger partial charge in [0.15, 0.2) is 5.78 Å². The number of nitriles is 1. The zero-order valence-electron chi connectivity index (χ0n) is 8.80. The largest absolute Gasteiger partial charge is 0.481 e. The molecule has 0 aliphatic rings. The lowest BCUT2D eigenvalue weighted by Gasteiger charge is -2.04. The molecule has 0 radical (unpaired) electrons. The highest BCUT2D eigenvalue weighted by Gasteiger charge is 2.16. The highest BCUT2D eigenvalue weighted by Crippen LogP contribution is 2.11. The number of hydrogen-bond acceptors (Lipinski definition) is 3. The molecule has 0 heterocycles. The first-order valence-corrected chi connectivity index (χ1v) is 4.80. The molecule has 0 spiro atoms. The summed E-state index contributed by atoms with van der Waals surface area (Å²) in [6.45, 7) is 1.49. The lowest BCUT2D eigenvalue weighted by Crippen LogP contribution is -2.14. The lowest BCUT2D eigenvalue weighted by molar-refractivity contribution is -0.141. The summed E-state index contributed by atoms with van der Waals surface area (Å²) in [5, 5.41) is 17.2. The van der Waals surface area contributed by atoms with Crippen molar-refractivity contribution in [2.24, 2.45) is 5.92 Å². The molecule has 4 heteroatoms. The van der Waals surface area contributed by atoms with E-state index in [0.717, 1.165) is 0 Å². The third kappa shape index (κ3) is 2.92. The summed E-state index contributed by atoms with van der Waals surface area (Å²) in [5.41, 5.74) is 0.912. The van der Waals surface area contributed by atoms with E-state index in [-0.39, 0.29) is 12.2 Å². The van der Waals surface area contributed by atoms with Crippen molar-refractivity contribution in [2.75, 3.05) is 0 Å². The minimum atomic E-state index is -0.984. The molecule has 1 aromatic rings. The van der Waals surface area contributed by atoms with Gasteiger partial charge in [-0.3, -0.25) is 9.59 Å². The second-order valence-corrected chi connectivity index (χ2v) is 3.56. The Hall–Kier alpha value is -2.15. The monoisotopic (exact) mass is 217 g/mol. The molecule has 1 atom stereocenters. The summed E-state index contributed by atoms with van der Waals surface area (Å²) < 4.78 is 0. The van der Waals surface area contributed by atoms with Crippen LogP contribution in [0.3, 0.4) is 0 Å². The molecule has 0 bridgehead atoms. The number of ketones is 1. The summed E-state index contributed by atoms with van der Waals surface area (Å²) in [6, 6.07) is 8.10. The minimum absolute atomic E-state index is 0.0266. The lowest BCUT2D eigenvalue weighted by atomic mass is 9.99. The predicted molar refractivity (Wildman–Crippen MR) is 56.9 cm³/mol. The average Bonchev–Trinajstić information content (AvgIpc) is 2.28. The second kappa shape index (κ2) is 5.08. The number of carbonyl (C=O) groups is 2. The standard InChI is InChI=1S/C12H11NO3/c1-8(12(15)16)6-11(14)10-4-2-9(7-13)3-5-10/h2-5,8H,6H2,1H3,(H,15,16)/t8-/m1/s1. The maximum atomic E-state index is 11.6. The van der Waals surface area contributed by atoms with Crippen LogP contribution in [0.5, 0.6) is 0 Å². The molecule has 0 aromatic heterocycles. The molecule has 0 saturated carbocycles. The number of aliphatic carboxylic acids is 1. The molecule has 4 nitrogen and oxygen atoms in total. The van der Waals surface area contributed by atoms with Crippen molar-refractivity contribution in [3.63, 3.8) is 0 Å². The zero-order chi connectivity index (χ0) is 12.1. The van der Waals surface area contributed by atoms with Gasteiger partial charge in [-0.1, -0.05) is 19.1 Å². The van der Waals surface area contributed by atoms with Gasteiger partial charge in [0.25, 0.3) is 0 Å². The zero-order valence-corrected chi connectivity index (χ0v) is 8.80. The molecule has 0 unspecified atom stereocenters. The quantitative estimate of drug-likeness (QED) is 0.780. The molecule has 82 valence electrons. The van der Waals surface area contributed by atoms with Gasteiger partial charge in [-0.2, -0.15) is 5.26 Å². The van der Waals surface area contributed by atoms with E-state index >= 15 is 0 Å². The molecule has 1 N–H and O–H groups in total. The third-order valence-corrected chi connectivity index (χ3v) is 2.25. The van der Waals surface area contributed by atoms with Gasteiger partial charge in [0.05, 0.1) is 17.6 Å². The Labute approximate surface area is 93.1 Å². The van der Waals surface area contributed by atoms with Crippen LogP contribution in [0.1, 0.15) is 29.3 Å². The Morgan fingerprint density at radius 3 is 2.38 bits per heavy atom. The molecule has 0 aliphatic carbocycles. The maximum absolute atomic E-state index is 11.6. The van der Waals surface area contributed by atoms with Gasteiger partial charge in [0.1, 0.15) is 0 Å². The summed E-state index contributed by atoms with van der Waals surface area (Å²) in [5.74, 6) is -1.90. The van der Waals surface area contributed by atoms with Crippen LogP contribution in [-0.4, -0.2) is 16.9 Å². The van der Waals surface area contributed by atoms with Gasteiger partial charge in [0, 0.05) is 12.0 Å². The highest BCUT2D eigenvalue weighted by molar-refractivity contribution is 5.97. The molecule has 16 heavy (non-hydrogen) atoms. The van der Waals surface area contributed by atoms with Gasteiger partial charge in [-0.15, -0.1) is 0 Å². The first kappa shape index (κ1) is 11.9. The molecule has 0 saturated heterocycles. The van der Waals surface area contributed by atoms with E-state index in [1.165, 1.54) is 19.1 Å². The number of carboxylic acids is 1. The SMILES string of the molecule is C[C@H](CC(=O)c1ccc(C#N)cc1)C(=O)O. The molecule has 0 fully saturated rings. The fraction of sp³-hybridized carbons (Fsp3) is 0.250. The summed E-state index contributed by atoms with van der Waals surface area (Å²) in [7, 11) is 0. The second-order valence-electron chi connectivity index (χ2n) is 3.56. The number of hydrogen-bond donors (Lipinski definition) is 1. The van der Waals surface area contributed by atoms with E-state index in [1.807, 2.05) is 6.07 Å². The Bertz CT molecular complexity index is 442. The van der Waals surface area contributed by atoms with Gasteiger partial charge in [-0.25, -0.2) is 0 Å². The van der Waals surface area contributed by atoms with Crippen LogP contribution in [0.15, 0.2) is 24.3 Å². The van der Waals surface area contributed by atoms with E-state index in [9.17, 15) is 9.59 Å². The number of nitrogens with zero attached hydrogens (tertiary/aromatic N) is 1. The Kier molecular flexibility index (Phi) is 3.78. The van der Waals surface area contributed by atoms with E-state index in [1.54, 1.807) is 12.1 Å². The van der Waals surface area contributed by atoms with Crippen LogP contribution in [0.4, 0.5) is 0 Å².